The number of aromatic nitrogens is 2. The molecule has 2 heterocycles. The molecule has 3 aromatic rings. The Hall–Kier alpha value is -3.48. The van der Waals surface area contributed by atoms with Gasteiger partial charge in [0.15, 0.2) is 0 Å². The molecule has 0 saturated carbocycles. The molecular weight excluding hydrogens is 380 g/mol. The van der Waals surface area contributed by atoms with E-state index in [0.717, 1.165) is 30.6 Å². The van der Waals surface area contributed by atoms with Crippen molar-refractivity contribution in [2.75, 3.05) is 16.8 Å². The molecule has 30 heavy (non-hydrogen) atoms. The van der Waals surface area contributed by atoms with Gasteiger partial charge in [-0.25, -0.2) is 0 Å². The van der Waals surface area contributed by atoms with Gasteiger partial charge in [0.1, 0.15) is 0 Å². The minimum atomic E-state index is -0.146. The molecule has 0 aliphatic carbocycles. The van der Waals surface area contributed by atoms with E-state index in [4.69, 9.17) is 4.52 Å². The quantitative estimate of drug-likeness (QED) is 0.643. The highest BCUT2D eigenvalue weighted by Gasteiger charge is 2.21. The zero-order valence-corrected chi connectivity index (χ0v) is 16.9. The Balaban J connectivity index is 1.33. The molecule has 1 aliphatic heterocycles. The fourth-order valence-corrected chi connectivity index (χ4v) is 3.48. The number of nitrogens with one attached hydrogen (secondary N) is 1. The zero-order valence-electron chi connectivity index (χ0n) is 16.9. The lowest BCUT2D eigenvalue weighted by Crippen LogP contribution is -2.23. The summed E-state index contributed by atoms with van der Waals surface area (Å²) in [4.78, 5) is 30.4. The third kappa shape index (κ3) is 4.56. The van der Waals surface area contributed by atoms with E-state index in [-0.39, 0.29) is 18.2 Å². The second kappa shape index (κ2) is 8.90. The molecule has 1 aliphatic rings. The molecule has 0 spiro atoms. The second-order valence-electron chi connectivity index (χ2n) is 7.31. The summed E-state index contributed by atoms with van der Waals surface area (Å²) in [6.07, 6.45) is 3.00. The maximum absolute atomic E-state index is 12.3. The molecule has 2 amide bonds. The topological polar surface area (TPSA) is 88.3 Å². The van der Waals surface area contributed by atoms with E-state index in [0.29, 0.717) is 30.2 Å². The van der Waals surface area contributed by atoms with Crippen LogP contribution in [0.4, 0.5) is 11.4 Å². The van der Waals surface area contributed by atoms with Gasteiger partial charge in [0, 0.05) is 42.7 Å². The number of hydrogen-bond acceptors (Lipinski definition) is 5. The predicted octanol–water partition coefficient (Wildman–Crippen LogP) is 4.00. The van der Waals surface area contributed by atoms with Crippen molar-refractivity contribution in [2.24, 2.45) is 0 Å². The maximum atomic E-state index is 12.3. The number of anilines is 2. The summed E-state index contributed by atoms with van der Waals surface area (Å²) < 4.78 is 5.29. The molecule has 7 heteroatoms. The highest BCUT2D eigenvalue weighted by molar-refractivity contribution is 5.97. The molecular formula is C23H24N4O3. The van der Waals surface area contributed by atoms with Crippen LogP contribution in [-0.4, -0.2) is 28.5 Å². The van der Waals surface area contributed by atoms with Crippen molar-refractivity contribution in [1.82, 2.24) is 10.1 Å². The van der Waals surface area contributed by atoms with Crippen LogP contribution in [0.25, 0.3) is 11.4 Å². The van der Waals surface area contributed by atoms with Gasteiger partial charge in [-0.15, -0.1) is 0 Å². The summed E-state index contributed by atoms with van der Waals surface area (Å²) in [6.45, 7) is 2.82. The zero-order chi connectivity index (χ0) is 20.9. The third-order valence-corrected chi connectivity index (χ3v) is 5.17. The molecule has 0 bridgehead atoms. The van der Waals surface area contributed by atoms with Gasteiger partial charge >= 0.3 is 0 Å². The van der Waals surface area contributed by atoms with Crippen molar-refractivity contribution < 1.29 is 14.1 Å². The van der Waals surface area contributed by atoms with Crippen molar-refractivity contribution in [3.05, 3.63) is 60.0 Å². The Labute approximate surface area is 175 Å². The lowest BCUT2D eigenvalue weighted by molar-refractivity contribution is -0.117. The van der Waals surface area contributed by atoms with E-state index >= 15 is 0 Å². The second-order valence-corrected chi connectivity index (χ2v) is 7.31. The number of benzene rings is 2. The van der Waals surface area contributed by atoms with E-state index in [1.807, 2.05) is 48.5 Å². The smallest absolute Gasteiger partial charge is 0.227 e. The summed E-state index contributed by atoms with van der Waals surface area (Å²) >= 11 is 0. The van der Waals surface area contributed by atoms with Gasteiger partial charge in [0.25, 0.3) is 0 Å². The van der Waals surface area contributed by atoms with Gasteiger partial charge in [-0.1, -0.05) is 42.4 Å². The Morgan fingerprint density at radius 3 is 2.77 bits per heavy atom. The van der Waals surface area contributed by atoms with Crippen molar-refractivity contribution in [3.63, 3.8) is 0 Å². The van der Waals surface area contributed by atoms with E-state index in [2.05, 4.69) is 22.4 Å². The molecule has 7 nitrogen and oxygen atoms in total. The number of nitrogens with zero attached hydrogens (tertiary/aromatic N) is 3. The third-order valence-electron chi connectivity index (χ3n) is 5.17. The fraction of sp³-hybridized carbons (Fsp3) is 0.304. The van der Waals surface area contributed by atoms with E-state index in [1.54, 1.807) is 4.90 Å². The summed E-state index contributed by atoms with van der Waals surface area (Å²) in [5.74, 6) is 0.925. The van der Waals surface area contributed by atoms with Crippen molar-refractivity contribution in [1.29, 1.82) is 0 Å². The lowest BCUT2D eigenvalue weighted by Gasteiger charge is -2.16. The first kappa shape index (κ1) is 19.8. The molecule has 1 fully saturated rings. The number of rotatable bonds is 7. The van der Waals surface area contributed by atoms with Crippen LogP contribution in [0.5, 0.6) is 0 Å². The van der Waals surface area contributed by atoms with Gasteiger partial charge in [-0.3, -0.25) is 9.59 Å². The highest BCUT2D eigenvalue weighted by Crippen LogP contribution is 2.24. The van der Waals surface area contributed by atoms with Gasteiger partial charge < -0.3 is 14.7 Å². The lowest BCUT2D eigenvalue weighted by atomic mass is 10.1. The predicted molar refractivity (Wildman–Crippen MR) is 114 cm³/mol. The monoisotopic (exact) mass is 404 g/mol. The largest absolute Gasteiger partial charge is 0.339 e. The number of aryl methyl sites for hydroxylation is 2. The molecule has 2 aromatic carbocycles. The van der Waals surface area contributed by atoms with Crippen LogP contribution in [-0.2, 0) is 22.4 Å². The van der Waals surface area contributed by atoms with Crippen LogP contribution in [0.15, 0.2) is 53.1 Å². The number of amides is 2. The summed E-state index contributed by atoms with van der Waals surface area (Å²) in [7, 11) is 0. The minimum Gasteiger partial charge on any atom is -0.339 e. The summed E-state index contributed by atoms with van der Waals surface area (Å²) in [5, 5.41) is 6.89. The molecule has 154 valence electrons. The number of carbonyl (C=O) groups is 2. The van der Waals surface area contributed by atoms with Crippen LogP contribution in [0.3, 0.4) is 0 Å². The minimum absolute atomic E-state index is 0.120. The van der Waals surface area contributed by atoms with Crippen molar-refractivity contribution >= 4 is 23.2 Å². The number of carbonyl (C=O) groups excluding carboxylic acids is 2. The van der Waals surface area contributed by atoms with Gasteiger partial charge in [0.05, 0.1) is 0 Å². The van der Waals surface area contributed by atoms with Gasteiger partial charge in [-0.05, 0) is 36.6 Å². The van der Waals surface area contributed by atoms with Crippen LogP contribution in [0, 0.1) is 0 Å². The van der Waals surface area contributed by atoms with E-state index < -0.39 is 0 Å². The molecule has 1 aromatic heterocycles. The standard InChI is InChI=1S/C23H24N4O3/c1-2-16-8-10-17(11-9-16)23-25-21(30-26-23)13-12-20(28)24-18-5-3-6-19(15-18)27-14-4-7-22(27)29/h3,5-6,8-11,15H,2,4,7,12-14H2,1H3,(H,24,28). The highest BCUT2D eigenvalue weighted by atomic mass is 16.5. The SMILES string of the molecule is CCc1ccc(-c2noc(CCC(=O)Nc3cccc(N4CCCC4=O)c3)n2)cc1. The first-order valence-corrected chi connectivity index (χ1v) is 10.2. The molecule has 4 rings (SSSR count). The molecule has 1 saturated heterocycles. The van der Waals surface area contributed by atoms with Gasteiger partial charge in [0.2, 0.25) is 23.5 Å². The van der Waals surface area contributed by atoms with Crippen molar-refractivity contribution in [2.45, 2.75) is 39.0 Å². The van der Waals surface area contributed by atoms with Crippen molar-refractivity contribution in [3.8, 4) is 11.4 Å². The Bertz CT molecular complexity index is 1040. The molecule has 0 unspecified atom stereocenters. The molecule has 1 N–H and O–H groups in total. The summed E-state index contributed by atoms with van der Waals surface area (Å²) in [5.41, 5.74) is 3.61. The molecule has 0 radical (unpaired) electrons. The van der Waals surface area contributed by atoms with E-state index in [9.17, 15) is 9.59 Å². The fourth-order valence-electron chi connectivity index (χ4n) is 3.48. The Morgan fingerprint density at radius 2 is 2.03 bits per heavy atom. The Morgan fingerprint density at radius 1 is 1.20 bits per heavy atom. The average molecular weight is 404 g/mol. The average Bonchev–Trinajstić information content (AvgIpc) is 3.41. The first-order valence-electron chi connectivity index (χ1n) is 10.2. The molecule has 0 atom stereocenters. The Kier molecular flexibility index (Phi) is 5.88. The van der Waals surface area contributed by atoms with Gasteiger partial charge in [-0.2, -0.15) is 4.98 Å². The number of hydrogen-bond donors (Lipinski definition) is 1. The van der Waals surface area contributed by atoms with Crippen LogP contribution < -0.4 is 10.2 Å². The first-order chi connectivity index (χ1) is 14.6. The van der Waals surface area contributed by atoms with Crippen LogP contribution >= 0.6 is 0 Å². The maximum Gasteiger partial charge on any atom is 0.227 e. The normalized spacial score (nSPS) is 13.6. The van der Waals surface area contributed by atoms with E-state index in [1.165, 1.54) is 5.56 Å². The van der Waals surface area contributed by atoms with Crippen LogP contribution in [0.1, 0.15) is 37.6 Å². The summed E-state index contributed by atoms with van der Waals surface area (Å²) in [6, 6.07) is 15.4. The van der Waals surface area contributed by atoms with Crippen LogP contribution in [0.2, 0.25) is 0 Å².